The zero-order valence-corrected chi connectivity index (χ0v) is 12.9. The minimum atomic E-state index is -3.51. The average molecular weight is 305 g/mol. The van der Waals surface area contributed by atoms with Gasteiger partial charge >= 0.3 is 0 Å². The highest BCUT2D eigenvalue weighted by molar-refractivity contribution is 7.91. The van der Waals surface area contributed by atoms with Crippen molar-refractivity contribution in [1.29, 1.82) is 0 Å². The predicted octanol–water partition coefficient (Wildman–Crippen LogP) is 1.35. The third kappa shape index (κ3) is 2.71. The summed E-state index contributed by atoms with van der Waals surface area (Å²) in [4.78, 5) is 0.697. The van der Waals surface area contributed by atoms with E-state index in [0.717, 1.165) is 16.9 Å². The molecule has 1 aromatic rings. The average Bonchev–Trinajstić information content (AvgIpc) is 2.94. The normalized spacial score (nSPS) is 24.3. The number of nitrogens with zero attached hydrogens (tertiary/aromatic N) is 1. The molecule has 108 valence electrons. The summed E-state index contributed by atoms with van der Waals surface area (Å²) in [6.07, 6.45) is 0.631. The monoisotopic (exact) mass is 305 g/mol. The highest BCUT2D eigenvalue weighted by Crippen LogP contribution is 2.31. The topological polar surface area (TPSA) is 66.8 Å². The summed E-state index contributed by atoms with van der Waals surface area (Å²) in [5.41, 5.74) is 0.815. The molecule has 1 aliphatic heterocycles. The van der Waals surface area contributed by atoms with Crippen molar-refractivity contribution >= 4 is 21.4 Å². The van der Waals surface area contributed by atoms with E-state index >= 15 is 0 Å². The first-order chi connectivity index (χ1) is 8.87. The fraction of sp³-hybridized carbons (Fsp3) is 0.667. The first kappa shape index (κ1) is 14.9. The van der Waals surface area contributed by atoms with Crippen LogP contribution >= 0.6 is 11.3 Å². The fourth-order valence-electron chi connectivity index (χ4n) is 2.29. The summed E-state index contributed by atoms with van der Waals surface area (Å²) < 4.78 is 32.2. The third-order valence-corrected chi connectivity index (χ3v) is 7.13. The molecular weight excluding hydrogens is 286 g/mol. The Morgan fingerprint density at radius 3 is 2.74 bits per heavy atom. The maximum Gasteiger partial charge on any atom is 0.252 e. The second kappa shape index (κ2) is 5.49. The quantitative estimate of drug-likeness (QED) is 0.912. The lowest BCUT2D eigenvalue weighted by Crippen LogP contribution is -2.40. The molecule has 1 N–H and O–H groups in total. The molecule has 1 aromatic heterocycles. The van der Waals surface area contributed by atoms with Crippen molar-refractivity contribution in [2.75, 3.05) is 13.7 Å². The number of hydrogen-bond donors (Lipinski definition) is 1. The lowest BCUT2D eigenvalue weighted by atomic mass is 10.2. The van der Waals surface area contributed by atoms with E-state index in [1.165, 1.54) is 4.31 Å². The van der Waals surface area contributed by atoms with Gasteiger partial charge in [0, 0.05) is 18.5 Å². The van der Waals surface area contributed by atoms with Crippen molar-refractivity contribution in [3.8, 4) is 0 Å². The number of likely N-dealkylation sites (N-methyl/N-ethyl adjacent to an activating group) is 1. The van der Waals surface area contributed by atoms with Crippen molar-refractivity contribution in [3.63, 3.8) is 0 Å². The molecule has 2 unspecified atom stereocenters. The van der Waals surface area contributed by atoms with Crippen LogP contribution in [-0.2, 0) is 21.4 Å². The molecule has 1 fully saturated rings. The van der Waals surface area contributed by atoms with Crippen molar-refractivity contribution in [2.24, 2.45) is 0 Å². The Labute approximate surface area is 117 Å². The second-order valence-corrected chi connectivity index (χ2v) is 8.14. The van der Waals surface area contributed by atoms with Crippen LogP contribution in [0.2, 0.25) is 0 Å². The van der Waals surface area contributed by atoms with Crippen LogP contribution in [0.25, 0.3) is 0 Å². The number of rotatable bonds is 4. The summed E-state index contributed by atoms with van der Waals surface area (Å²) in [5.74, 6) is 0. The zero-order chi connectivity index (χ0) is 14.2. The number of ether oxygens (including phenoxy) is 1. The van der Waals surface area contributed by atoms with E-state index in [9.17, 15) is 13.5 Å². The van der Waals surface area contributed by atoms with Gasteiger partial charge in [0.15, 0.2) is 0 Å². The molecule has 2 rings (SSSR count). The number of aryl methyl sites for hydroxylation is 1. The summed E-state index contributed by atoms with van der Waals surface area (Å²) >= 11 is 1.13. The number of thiophene rings is 1. The molecule has 0 aliphatic carbocycles. The molecular formula is C12H19NO4S2. The van der Waals surface area contributed by atoms with Crippen molar-refractivity contribution in [2.45, 2.75) is 43.2 Å². The van der Waals surface area contributed by atoms with E-state index in [2.05, 4.69) is 0 Å². The van der Waals surface area contributed by atoms with Crippen LogP contribution in [0.3, 0.4) is 0 Å². The molecule has 5 nitrogen and oxygen atoms in total. The van der Waals surface area contributed by atoms with Crippen LogP contribution < -0.4 is 0 Å². The van der Waals surface area contributed by atoms with Gasteiger partial charge in [-0.25, -0.2) is 8.42 Å². The van der Waals surface area contributed by atoms with E-state index in [4.69, 9.17) is 4.74 Å². The van der Waals surface area contributed by atoms with Gasteiger partial charge in [-0.2, -0.15) is 4.31 Å². The molecule has 19 heavy (non-hydrogen) atoms. The summed E-state index contributed by atoms with van der Waals surface area (Å²) in [6, 6.07) is 1.51. The predicted molar refractivity (Wildman–Crippen MR) is 73.7 cm³/mol. The van der Waals surface area contributed by atoms with Gasteiger partial charge in [-0.3, -0.25) is 0 Å². The minimum absolute atomic E-state index is 0.0850. The first-order valence-electron chi connectivity index (χ1n) is 6.17. The van der Waals surface area contributed by atoms with Crippen LogP contribution in [0.15, 0.2) is 10.3 Å². The molecule has 2 heterocycles. The number of aliphatic hydroxyl groups excluding tert-OH is 1. The minimum Gasteiger partial charge on any atom is -0.391 e. The maximum absolute atomic E-state index is 12.5. The molecule has 1 aliphatic rings. The SMILES string of the molecule is Cc1cc(S(=O)(=O)N(C)C2CCOC2C)sc1CO. The summed E-state index contributed by atoms with van der Waals surface area (Å²) in [6.45, 7) is 4.17. The Morgan fingerprint density at radius 2 is 2.26 bits per heavy atom. The van der Waals surface area contributed by atoms with Crippen LogP contribution in [0, 0.1) is 6.92 Å². The number of sulfonamides is 1. The van der Waals surface area contributed by atoms with E-state index < -0.39 is 10.0 Å². The van der Waals surface area contributed by atoms with Gasteiger partial charge in [0.05, 0.1) is 18.8 Å². The van der Waals surface area contributed by atoms with Gasteiger partial charge in [0.1, 0.15) is 4.21 Å². The van der Waals surface area contributed by atoms with Crippen molar-refractivity contribution < 1.29 is 18.3 Å². The molecule has 2 atom stereocenters. The Hall–Kier alpha value is -0.470. The van der Waals surface area contributed by atoms with E-state index in [-0.39, 0.29) is 23.0 Å². The maximum atomic E-state index is 12.5. The number of aliphatic hydroxyl groups is 1. The van der Waals surface area contributed by atoms with Crippen LogP contribution in [0.1, 0.15) is 23.8 Å². The lowest BCUT2D eigenvalue weighted by Gasteiger charge is -2.25. The standard InChI is InChI=1S/C12H19NO4S2/c1-8-6-12(18-11(8)7-14)19(15,16)13(3)10-4-5-17-9(10)2/h6,9-10,14H,4-5,7H2,1-3H3. The van der Waals surface area contributed by atoms with Crippen LogP contribution in [-0.4, -0.2) is 43.6 Å². The fourth-order valence-corrected chi connectivity index (χ4v) is 5.37. The van der Waals surface area contributed by atoms with Gasteiger partial charge in [-0.1, -0.05) is 0 Å². The highest BCUT2D eigenvalue weighted by atomic mass is 32.2. The molecule has 0 spiro atoms. The number of hydrogen-bond acceptors (Lipinski definition) is 5. The highest BCUT2D eigenvalue weighted by Gasteiger charge is 2.36. The molecule has 0 aromatic carbocycles. The lowest BCUT2D eigenvalue weighted by molar-refractivity contribution is 0.102. The van der Waals surface area contributed by atoms with Gasteiger partial charge in [0.2, 0.25) is 0 Å². The van der Waals surface area contributed by atoms with Gasteiger partial charge in [-0.05, 0) is 31.9 Å². The Kier molecular flexibility index (Phi) is 4.32. The Balaban J connectivity index is 2.30. The van der Waals surface area contributed by atoms with E-state index in [0.29, 0.717) is 17.9 Å². The third-order valence-electron chi connectivity index (χ3n) is 3.58. The smallest absolute Gasteiger partial charge is 0.252 e. The van der Waals surface area contributed by atoms with Crippen LogP contribution in [0.5, 0.6) is 0 Å². The largest absolute Gasteiger partial charge is 0.391 e. The van der Waals surface area contributed by atoms with Gasteiger partial charge < -0.3 is 9.84 Å². The molecule has 0 radical (unpaired) electrons. The second-order valence-electron chi connectivity index (χ2n) is 4.78. The van der Waals surface area contributed by atoms with Crippen LogP contribution in [0.4, 0.5) is 0 Å². The van der Waals surface area contributed by atoms with Gasteiger partial charge in [0.25, 0.3) is 10.0 Å². The van der Waals surface area contributed by atoms with E-state index in [1.54, 1.807) is 13.1 Å². The first-order valence-corrected chi connectivity index (χ1v) is 8.43. The summed E-state index contributed by atoms with van der Waals surface area (Å²) in [7, 11) is -1.91. The summed E-state index contributed by atoms with van der Waals surface area (Å²) in [5, 5.41) is 9.17. The van der Waals surface area contributed by atoms with Gasteiger partial charge in [-0.15, -0.1) is 11.3 Å². The zero-order valence-electron chi connectivity index (χ0n) is 11.3. The molecule has 0 saturated carbocycles. The Morgan fingerprint density at radius 1 is 1.58 bits per heavy atom. The van der Waals surface area contributed by atoms with Crippen molar-refractivity contribution in [1.82, 2.24) is 4.31 Å². The molecule has 7 heteroatoms. The Bertz CT molecular complexity index is 552. The molecule has 1 saturated heterocycles. The van der Waals surface area contributed by atoms with E-state index in [1.807, 2.05) is 13.8 Å². The van der Waals surface area contributed by atoms with Crippen molar-refractivity contribution in [3.05, 3.63) is 16.5 Å². The molecule has 0 amide bonds. The molecule has 0 bridgehead atoms.